The van der Waals surface area contributed by atoms with Crippen LogP contribution in [0, 0.1) is 0 Å². The van der Waals surface area contributed by atoms with Gasteiger partial charge in [-0.25, -0.2) is 4.98 Å². The number of pyridine rings is 1. The van der Waals surface area contributed by atoms with E-state index in [1.807, 2.05) is 53.2 Å². The summed E-state index contributed by atoms with van der Waals surface area (Å²) in [6.45, 7) is 1.50. The average Bonchev–Trinajstić information content (AvgIpc) is 3.09. The number of hydrogen-bond acceptors (Lipinski definition) is 4. The minimum Gasteiger partial charge on any atom is -0.378 e. The van der Waals surface area contributed by atoms with Gasteiger partial charge < -0.3 is 14.6 Å². The highest BCUT2D eigenvalue weighted by molar-refractivity contribution is 6.07. The van der Waals surface area contributed by atoms with Crippen molar-refractivity contribution in [1.82, 2.24) is 19.8 Å². The van der Waals surface area contributed by atoms with E-state index in [9.17, 15) is 4.79 Å². The standard InChI is InChI=1S/C22H24N4O2/c1-25-16-10-15(11-17(25)14-28-13-16)24-22(27)19-12-26(21-8-4-5-9-23-21)20-7-3-2-6-18(19)20/h2-9,12,15-17H,10-11,13-14H2,1H3,(H,24,27)/t15-,16-,17+. The number of ether oxygens (including phenoxy) is 1. The molecule has 1 aromatic carbocycles. The first-order valence-electron chi connectivity index (χ1n) is 9.83. The molecule has 2 aliphatic heterocycles. The molecule has 2 fully saturated rings. The molecule has 1 N–H and O–H groups in total. The van der Waals surface area contributed by atoms with Crippen molar-refractivity contribution in [2.75, 3.05) is 20.3 Å². The molecule has 4 heterocycles. The third-order valence-corrected chi connectivity index (χ3v) is 6.07. The van der Waals surface area contributed by atoms with Crippen molar-refractivity contribution in [3.63, 3.8) is 0 Å². The maximum absolute atomic E-state index is 13.2. The van der Waals surface area contributed by atoms with E-state index in [1.165, 1.54) is 0 Å². The minimum atomic E-state index is -0.0144. The first-order valence-corrected chi connectivity index (χ1v) is 9.83. The first kappa shape index (κ1) is 17.4. The maximum atomic E-state index is 13.2. The van der Waals surface area contributed by atoms with Crippen molar-refractivity contribution in [3.05, 3.63) is 60.4 Å². The van der Waals surface area contributed by atoms with Gasteiger partial charge >= 0.3 is 0 Å². The second-order valence-corrected chi connectivity index (χ2v) is 7.77. The lowest BCUT2D eigenvalue weighted by atomic mass is 9.90. The van der Waals surface area contributed by atoms with Crippen molar-refractivity contribution in [1.29, 1.82) is 0 Å². The maximum Gasteiger partial charge on any atom is 0.253 e. The molecule has 2 bridgehead atoms. The molecule has 3 aromatic rings. The first-order chi connectivity index (χ1) is 13.7. The van der Waals surface area contributed by atoms with Crippen LogP contribution in [0.4, 0.5) is 0 Å². The number of morpholine rings is 1. The van der Waals surface area contributed by atoms with Crippen LogP contribution in [-0.4, -0.2) is 58.7 Å². The van der Waals surface area contributed by atoms with E-state index < -0.39 is 0 Å². The smallest absolute Gasteiger partial charge is 0.253 e. The van der Waals surface area contributed by atoms with Gasteiger partial charge in [-0.2, -0.15) is 0 Å². The number of likely N-dealkylation sites (N-methyl/N-ethyl adjacent to an activating group) is 1. The summed E-state index contributed by atoms with van der Waals surface area (Å²) in [5.74, 6) is 0.795. The van der Waals surface area contributed by atoms with Crippen molar-refractivity contribution < 1.29 is 9.53 Å². The Hall–Kier alpha value is -2.70. The van der Waals surface area contributed by atoms with E-state index in [2.05, 4.69) is 22.2 Å². The van der Waals surface area contributed by atoms with Crippen LogP contribution >= 0.6 is 0 Å². The Balaban J connectivity index is 1.44. The number of fused-ring (bicyclic) bond motifs is 3. The Morgan fingerprint density at radius 1 is 1.11 bits per heavy atom. The normalized spacial score (nSPS) is 25.0. The molecule has 2 aromatic heterocycles. The zero-order valence-electron chi connectivity index (χ0n) is 15.9. The predicted octanol–water partition coefficient (Wildman–Crippen LogP) is 2.62. The van der Waals surface area contributed by atoms with E-state index in [-0.39, 0.29) is 11.9 Å². The lowest BCUT2D eigenvalue weighted by Crippen LogP contribution is -2.59. The summed E-state index contributed by atoms with van der Waals surface area (Å²) in [5.41, 5.74) is 1.68. The SMILES string of the molecule is CN1[C@@H]2COC[C@H]1C[C@@H](NC(=O)c1cn(-c3ccccn3)c3ccccc13)C2. The molecule has 3 atom stereocenters. The van der Waals surface area contributed by atoms with Crippen LogP contribution in [0.3, 0.4) is 0 Å². The molecule has 1 amide bonds. The van der Waals surface area contributed by atoms with Gasteiger partial charge in [0.2, 0.25) is 0 Å². The molecular formula is C22H24N4O2. The highest BCUT2D eigenvalue weighted by atomic mass is 16.5. The third kappa shape index (κ3) is 2.99. The fourth-order valence-corrected chi connectivity index (χ4v) is 4.52. The quantitative estimate of drug-likeness (QED) is 0.763. The Morgan fingerprint density at radius 3 is 2.61 bits per heavy atom. The fraction of sp³-hybridized carbons (Fsp3) is 0.364. The van der Waals surface area contributed by atoms with Crippen LogP contribution in [-0.2, 0) is 4.74 Å². The summed E-state index contributed by atoms with van der Waals surface area (Å²) in [6, 6.07) is 14.7. The summed E-state index contributed by atoms with van der Waals surface area (Å²) in [5, 5.41) is 4.23. The molecule has 2 saturated heterocycles. The molecule has 0 unspecified atom stereocenters. The number of aromatic nitrogens is 2. The lowest BCUT2D eigenvalue weighted by molar-refractivity contribution is -0.0670. The second-order valence-electron chi connectivity index (χ2n) is 7.77. The largest absolute Gasteiger partial charge is 0.378 e. The predicted molar refractivity (Wildman–Crippen MR) is 108 cm³/mol. The fourth-order valence-electron chi connectivity index (χ4n) is 4.52. The van der Waals surface area contributed by atoms with Gasteiger partial charge in [0.15, 0.2) is 0 Å². The van der Waals surface area contributed by atoms with Crippen molar-refractivity contribution in [2.45, 2.75) is 31.0 Å². The number of nitrogens with one attached hydrogen (secondary N) is 1. The molecular weight excluding hydrogens is 352 g/mol. The number of nitrogens with zero attached hydrogens (tertiary/aromatic N) is 3. The molecule has 2 aliphatic rings. The monoisotopic (exact) mass is 376 g/mol. The summed E-state index contributed by atoms with van der Waals surface area (Å²) in [7, 11) is 2.16. The van der Waals surface area contributed by atoms with Crippen molar-refractivity contribution in [2.24, 2.45) is 0 Å². The number of carbonyl (C=O) groups is 1. The molecule has 0 spiro atoms. The number of para-hydroxylation sites is 1. The van der Waals surface area contributed by atoms with Crippen LogP contribution in [0.25, 0.3) is 16.7 Å². The van der Waals surface area contributed by atoms with Gasteiger partial charge in [-0.15, -0.1) is 0 Å². The van der Waals surface area contributed by atoms with Crippen LogP contribution in [0.15, 0.2) is 54.9 Å². The van der Waals surface area contributed by atoms with E-state index >= 15 is 0 Å². The van der Waals surface area contributed by atoms with Gasteiger partial charge in [-0.05, 0) is 38.1 Å². The summed E-state index contributed by atoms with van der Waals surface area (Å²) in [6.07, 6.45) is 5.53. The topological polar surface area (TPSA) is 59.4 Å². The molecule has 0 radical (unpaired) electrons. The highest BCUT2D eigenvalue weighted by Gasteiger charge is 2.37. The Bertz CT molecular complexity index is 986. The van der Waals surface area contributed by atoms with Gasteiger partial charge in [0.1, 0.15) is 5.82 Å². The van der Waals surface area contributed by atoms with E-state index in [0.29, 0.717) is 17.6 Å². The number of benzene rings is 1. The van der Waals surface area contributed by atoms with E-state index in [4.69, 9.17) is 4.74 Å². The molecule has 6 nitrogen and oxygen atoms in total. The zero-order chi connectivity index (χ0) is 19.1. The minimum absolute atomic E-state index is 0.0144. The molecule has 6 heteroatoms. The highest BCUT2D eigenvalue weighted by Crippen LogP contribution is 2.28. The van der Waals surface area contributed by atoms with E-state index in [1.54, 1.807) is 6.20 Å². The number of piperidine rings is 1. The number of hydrogen-bond donors (Lipinski definition) is 1. The number of rotatable bonds is 3. The number of carbonyl (C=O) groups excluding carboxylic acids is 1. The van der Waals surface area contributed by atoms with Crippen LogP contribution in [0.2, 0.25) is 0 Å². The Labute approximate surface area is 164 Å². The van der Waals surface area contributed by atoms with Gasteiger partial charge in [-0.1, -0.05) is 24.3 Å². The van der Waals surface area contributed by atoms with Gasteiger partial charge in [0, 0.05) is 35.9 Å². The van der Waals surface area contributed by atoms with Gasteiger partial charge in [-0.3, -0.25) is 9.69 Å². The van der Waals surface area contributed by atoms with Crippen LogP contribution in [0.5, 0.6) is 0 Å². The number of amides is 1. The van der Waals surface area contributed by atoms with Crippen molar-refractivity contribution in [3.8, 4) is 5.82 Å². The molecule has 144 valence electrons. The van der Waals surface area contributed by atoms with Crippen molar-refractivity contribution >= 4 is 16.8 Å². The second kappa shape index (κ2) is 7.04. The average molecular weight is 376 g/mol. The van der Waals surface area contributed by atoms with Crippen LogP contribution < -0.4 is 5.32 Å². The van der Waals surface area contributed by atoms with Gasteiger partial charge in [0.25, 0.3) is 5.91 Å². The molecule has 0 aliphatic carbocycles. The molecule has 5 rings (SSSR count). The lowest BCUT2D eigenvalue weighted by Gasteiger charge is -2.46. The third-order valence-electron chi connectivity index (χ3n) is 6.07. The summed E-state index contributed by atoms with van der Waals surface area (Å²) < 4.78 is 7.68. The van der Waals surface area contributed by atoms with E-state index in [0.717, 1.165) is 42.8 Å². The summed E-state index contributed by atoms with van der Waals surface area (Å²) in [4.78, 5) is 20.0. The summed E-state index contributed by atoms with van der Waals surface area (Å²) >= 11 is 0. The molecule has 28 heavy (non-hydrogen) atoms. The van der Waals surface area contributed by atoms with Crippen LogP contribution in [0.1, 0.15) is 23.2 Å². The molecule has 0 saturated carbocycles. The Kier molecular flexibility index (Phi) is 4.37. The zero-order valence-corrected chi connectivity index (χ0v) is 15.9. The van der Waals surface area contributed by atoms with Gasteiger partial charge in [0.05, 0.1) is 24.3 Å². The Morgan fingerprint density at radius 2 is 1.86 bits per heavy atom.